The highest BCUT2D eigenvalue weighted by atomic mass is 79.9. The van der Waals surface area contributed by atoms with Crippen molar-refractivity contribution < 1.29 is 9.72 Å². The third-order valence-electron chi connectivity index (χ3n) is 2.80. The van der Waals surface area contributed by atoms with Crippen LogP contribution in [0.2, 0.25) is 0 Å². The number of carbonyl (C=O) groups excluding carboxylic acids is 1. The summed E-state index contributed by atoms with van der Waals surface area (Å²) >= 11 is 3.29. The minimum atomic E-state index is -0.632. The molecule has 0 aliphatic heterocycles. The molecule has 19 heavy (non-hydrogen) atoms. The van der Waals surface area contributed by atoms with Crippen molar-refractivity contribution in [2.75, 3.05) is 6.54 Å². The molecule has 1 rings (SSSR count). The average Bonchev–Trinajstić information content (AvgIpc) is 2.30. The van der Waals surface area contributed by atoms with Gasteiger partial charge in [0.1, 0.15) is 0 Å². The Morgan fingerprint density at radius 2 is 2.16 bits per heavy atom. The van der Waals surface area contributed by atoms with Gasteiger partial charge in [-0.3, -0.25) is 14.9 Å². The molecule has 0 bridgehead atoms. The largest absolute Gasteiger partial charge is 0.369 e. The number of halogens is 1. The minimum Gasteiger partial charge on any atom is -0.369 e. The first kappa shape index (κ1) is 15.6. The summed E-state index contributed by atoms with van der Waals surface area (Å²) in [5.74, 6) is -0.372. The number of non-ortho nitro benzene ring substituents is 1. The van der Waals surface area contributed by atoms with E-state index in [1.807, 2.05) is 0 Å². The zero-order valence-corrected chi connectivity index (χ0v) is 12.4. The smallest absolute Gasteiger partial charge is 0.270 e. The summed E-state index contributed by atoms with van der Waals surface area (Å²) in [5, 5.41) is 13.7. The van der Waals surface area contributed by atoms with Crippen molar-refractivity contribution in [3.05, 3.63) is 38.3 Å². The first-order valence-electron chi connectivity index (χ1n) is 5.67. The summed E-state index contributed by atoms with van der Waals surface area (Å²) in [5.41, 5.74) is 5.55. The minimum absolute atomic E-state index is 0.0353. The third kappa shape index (κ3) is 4.29. The molecule has 0 radical (unpaired) electrons. The van der Waals surface area contributed by atoms with Crippen molar-refractivity contribution >= 4 is 27.5 Å². The Kier molecular flexibility index (Phi) is 5.02. The maximum Gasteiger partial charge on any atom is 0.270 e. The van der Waals surface area contributed by atoms with Gasteiger partial charge in [0.25, 0.3) is 5.69 Å². The van der Waals surface area contributed by atoms with Crippen LogP contribution in [0.4, 0.5) is 5.69 Å². The van der Waals surface area contributed by atoms with E-state index in [1.165, 1.54) is 12.1 Å². The van der Waals surface area contributed by atoms with Crippen molar-refractivity contribution in [1.82, 2.24) is 5.32 Å². The Bertz CT molecular complexity index is 503. The predicted octanol–water partition coefficient (Wildman–Crippen LogP) is 1.96. The van der Waals surface area contributed by atoms with Crippen molar-refractivity contribution in [1.29, 1.82) is 0 Å². The summed E-state index contributed by atoms with van der Waals surface area (Å²) < 4.78 is 0.658. The lowest BCUT2D eigenvalue weighted by atomic mass is 9.93. The first-order valence-corrected chi connectivity index (χ1v) is 6.47. The molecule has 1 aromatic carbocycles. The second-order valence-corrected chi connectivity index (χ2v) is 5.74. The van der Waals surface area contributed by atoms with E-state index >= 15 is 0 Å². The molecule has 104 valence electrons. The van der Waals surface area contributed by atoms with E-state index in [0.29, 0.717) is 17.6 Å². The van der Waals surface area contributed by atoms with E-state index in [-0.39, 0.29) is 11.6 Å². The molecule has 0 aliphatic rings. The van der Waals surface area contributed by atoms with Crippen LogP contribution in [-0.2, 0) is 11.3 Å². The normalized spacial score (nSPS) is 11.3. The summed E-state index contributed by atoms with van der Waals surface area (Å²) in [6.45, 7) is 4.45. The van der Waals surface area contributed by atoms with Crippen LogP contribution in [0.25, 0.3) is 0 Å². The van der Waals surface area contributed by atoms with Crippen molar-refractivity contribution in [2.45, 2.75) is 20.4 Å². The van der Waals surface area contributed by atoms with E-state index < -0.39 is 10.3 Å². The zero-order chi connectivity index (χ0) is 14.6. The van der Waals surface area contributed by atoms with Gasteiger partial charge < -0.3 is 11.1 Å². The fraction of sp³-hybridized carbons (Fsp3) is 0.417. The molecular weight excluding hydrogens is 314 g/mol. The standard InChI is InChI=1S/C12H16BrN3O3/c1-12(2,11(14)17)7-15-6-8-3-4-9(16(18)19)5-10(8)13/h3-5,15H,6-7H2,1-2H3,(H2,14,17). The molecule has 0 saturated carbocycles. The van der Waals surface area contributed by atoms with Crippen molar-refractivity contribution in [2.24, 2.45) is 11.1 Å². The number of hydrogen-bond donors (Lipinski definition) is 2. The highest BCUT2D eigenvalue weighted by Gasteiger charge is 2.24. The van der Waals surface area contributed by atoms with Gasteiger partial charge in [-0.25, -0.2) is 0 Å². The van der Waals surface area contributed by atoms with Crippen LogP contribution in [0.5, 0.6) is 0 Å². The van der Waals surface area contributed by atoms with Crippen LogP contribution in [0.1, 0.15) is 19.4 Å². The Hall–Kier alpha value is -1.47. The van der Waals surface area contributed by atoms with Crippen LogP contribution >= 0.6 is 15.9 Å². The van der Waals surface area contributed by atoms with Gasteiger partial charge >= 0.3 is 0 Å². The molecule has 6 nitrogen and oxygen atoms in total. The van der Waals surface area contributed by atoms with Crippen molar-refractivity contribution in [3.63, 3.8) is 0 Å². The van der Waals surface area contributed by atoms with Crippen LogP contribution in [-0.4, -0.2) is 17.4 Å². The van der Waals surface area contributed by atoms with Crippen LogP contribution < -0.4 is 11.1 Å². The summed E-state index contributed by atoms with van der Waals surface area (Å²) in [7, 11) is 0. The van der Waals surface area contributed by atoms with Crippen LogP contribution in [0.15, 0.2) is 22.7 Å². The van der Waals surface area contributed by atoms with E-state index in [9.17, 15) is 14.9 Å². The van der Waals surface area contributed by atoms with Gasteiger partial charge in [0, 0.05) is 29.7 Å². The second-order valence-electron chi connectivity index (χ2n) is 4.88. The SMILES string of the molecule is CC(C)(CNCc1ccc([N+](=O)[O-])cc1Br)C(N)=O. The van der Waals surface area contributed by atoms with Gasteiger partial charge in [-0.2, -0.15) is 0 Å². The summed E-state index contributed by atoms with van der Waals surface area (Å²) in [4.78, 5) is 21.3. The lowest BCUT2D eigenvalue weighted by molar-refractivity contribution is -0.384. The Balaban J connectivity index is 2.64. The number of nitro benzene ring substituents is 1. The Morgan fingerprint density at radius 3 is 2.63 bits per heavy atom. The number of nitrogens with zero attached hydrogens (tertiary/aromatic N) is 1. The lowest BCUT2D eigenvalue weighted by Gasteiger charge is -2.21. The molecule has 7 heteroatoms. The molecule has 1 aromatic rings. The Labute approximate surface area is 119 Å². The molecular formula is C12H16BrN3O3. The molecule has 0 aromatic heterocycles. The van der Waals surface area contributed by atoms with Gasteiger partial charge in [0.05, 0.1) is 10.3 Å². The summed E-state index contributed by atoms with van der Waals surface area (Å²) in [6.07, 6.45) is 0. The van der Waals surface area contributed by atoms with Crippen LogP contribution in [0, 0.1) is 15.5 Å². The van der Waals surface area contributed by atoms with Gasteiger partial charge in [-0.1, -0.05) is 15.9 Å². The van der Waals surface area contributed by atoms with E-state index in [4.69, 9.17) is 5.73 Å². The number of nitro groups is 1. The second kappa shape index (κ2) is 6.12. The highest BCUT2D eigenvalue weighted by molar-refractivity contribution is 9.10. The zero-order valence-electron chi connectivity index (χ0n) is 10.8. The molecule has 0 heterocycles. The lowest BCUT2D eigenvalue weighted by Crippen LogP contribution is -2.40. The molecule has 0 aliphatic carbocycles. The maximum absolute atomic E-state index is 11.1. The number of nitrogens with two attached hydrogens (primary N) is 1. The quantitative estimate of drug-likeness (QED) is 0.615. The van der Waals surface area contributed by atoms with Crippen molar-refractivity contribution in [3.8, 4) is 0 Å². The fourth-order valence-corrected chi connectivity index (χ4v) is 1.90. The number of amides is 1. The fourth-order valence-electron chi connectivity index (χ4n) is 1.39. The molecule has 0 saturated heterocycles. The van der Waals surface area contributed by atoms with Gasteiger partial charge in [-0.05, 0) is 25.5 Å². The van der Waals surface area contributed by atoms with E-state index in [0.717, 1.165) is 5.56 Å². The van der Waals surface area contributed by atoms with Gasteiger partial charge in [0.15, 0.2) is 0 Å². The predicted molar refractivity (Wildman–Crippen MR) is 75.5 cm³/mol. The number of carbonyl (C=O) groups is 1. The number of primary amides is 1. The van der Waals surface area contributed by atoms with E-state index in [1.54, 1.807) is 19.9 Å². The number of nitrogens with one attached hydrogen (secondary N) is 1. The monoisotopic (exact) mass is 329 g/mol. The van der Waals surface area contributed by atoms with Crippen LogP contribution in [0.3, 0.4) is 0 Å². The Morgan fingerprint density at radius 1 is 1.53 bits per heavy atom. The van der Waals surface area contributed by atoms with Gasteiger partial charge in [-0.15, -0.1) is 0 Å². The number of benzene rings is 1. The van der Waals surface area contributed by atoms with Gasteiger partial charge in [0.2, 0.25) is 5.91 Å². The topological polar surface area (TPSA) is 98.3 Å². The average molecular weight is 330 g/mol. The number of rotatable bonds is 6. The molecule has 0 spiro atoms. The molecule has 3 N–H and O–H groups in total. The highest BCUT2D eigenvalue weighted by Crippen LogP contribution is 2.23. The molecule has 0 fully saturated rings. The van der Waals surface area contributed by atoms with E-state index in [2.05, 4.69) is 21.2 Å². The molecule has 1 amide bonds. The molecule has 0 atom stereocenters. The molecule has 0 unspecified atom stereocenters. The first-order chi connectivity index (χ1) is 8.74. The maximum atomic E-state index is 11.1. The summed E-state index contributed by atoms with van der Waals surface area (Å²) in [6, 6.07) is 4.57. The number of hydrogen-bond acceptors (Lipinski definition) is 4. The third-order valence-corrected chi connectivity index (χ3v) is 3.54.